The number of imidazole rings is 1. The summed E-state index contributed by atoms with van der Waals surface area (Å²) in [6.45, 7) is 0.230. The first-order chi connectivity index (χ1) is 18.2. The van der Waals surface area contributed by atoms with E-state index in [1.807, 2.05) is 18.2 Å². The number of anilines is 2. The van der Waals surface area contributed by atoms with Crippen molar-refractivity contribution < 1.29 is 19.2 Å². The Kier molecular flexibility index (Phi) is 8.09. The molecule has 1 aromatic heterocycles. The SMILES string of the molecule is CN(C)C(=O)c1ccc(C(=O)Nc2nc3cc(N(C)C(=O)C4CCCCC4)ccc3n2CCC(N)=O)cc1. The number of carbonyl (C=O) groups is 4. The number of amides is 4. The smallest absolute Gasteiger partial charge is 0.257 e. The van der Waals surface area contributed by atoms with E-state index in [1.165, 1.54) is 11.3 Å². The van der Waals surface area contributed by atoms with E-state index in [0.29, 0.717) is 27.8 Å². The molecule has 1 aliphatic carbocycles. The quantitative estimate of drug-likeness (QED) is 0.472. The van der Waals surface area contributed by atoms with Crippen molar-refractivity contribution in [3.05, 3.63) is 53.6 Å². The Hall–Kier alpha value is -4.21. The third kappa shape index (κ3) is 5.85. The number of aromatic nitrogens is 2. The number of primary amides is 1. The summed E-state index contributed by atoms with van der Waals surface area (Å²) in [5, 5.41) is 2.82. The van der Waals surface area contributed by atoms with E-state index in [1.54, 1.807) is 54.9 Å². The Morgan fingerprint density at radius 1 is 0.974 bits per heavy atom. The van der Waals surface area contributed by atoms with Crippen LogP contribution in [-0.2, 0) is 16.1 Å². The van der Waals surface area contributed by atoms with Crippen molar-refractivity contribution in [2.75, 3.05) is 31.4 Å². The van der Waals surface area contributed by atoms with Crippen molar-refractivity contribution in [3.63, 3.8) is 0 Å². The van der Waals surface area contributed by atoms with Gasteiger partial charge in [-0.3, -0.25) is 24.5 Å². The van der Waals surface area contributed by atoms with Crippen LogP contribution in [-0.4, -0.2) is 59.2 Å². The van der Waals surface area contributed by atoms with Gasteiger partial charge >= 0.3 is 0 Å². The number of fused-ring (bicyclic) bond motifs is 1. The first kappa shape index (κ1) is 26.8. The molecular formula is C28H34N6O4. The fourth-order valence-corrected chi connectivity index (χ4v) is 4.82. The molecule has 2 aromatic carbocycles. The molecule has 200 valence electrons. The summed E-state index contributed by atoms with van der Waals surface area (Å²) in [5.41, 5.74) is 8.21. The number of nitrogens with one attached hydrogen (secondary N) is 1. The minimum absolute atomic E-state index is 0.0341. The second kappa shape index (κ2) is 11.5. The Labute approximate surface area is 221 Å². The van der Waals surface area contributed by atoms with Crippen LogP contribution in [0.2, 0.25) is 0 Å². The first-order valence-corrected chi connectivity index (χ1v) is 12.8. The van der Waals surface area contributed by atoms with Gasteiger partial charge in [-0.05, 0) is 55.3 Å². The minimum atomic E-state index is -0.472. The average Bonchev–Trinajstić information content (AvgIpc) is 3.26. The van der Waals surface area contributed by atoms with E-state index in [2.05, 4.69) is 10.3 Å². The predicted molar refractivity (Wildman–Crippen MR) is 146 cm³/mol. The lowest BCUT2D eigenvalue weighted by Crippen LogP contribution is -2.33. The van der Waals surface area contributed by atoms with Gasteiger partial charge in [0.25, 0.3) is 11.8 Å². The van der Waals surface area contributed by atoms with Crippen molar-refractivity contribution >= 4 is 46.3 Å². The monoisotopic (exact) mass is 518 g/mol. The van der Waals surface area contributed by atoms with Crippen LogP contribution in [0.25, 0.3) is 11.0 Å². The molecule has 0 saturated heterocycles. The van der Waals surface area contributed by atoms with Crippen molar-refractivity contribution in [1.82, 2.24) is 14.5 Å². The molecule has 1 fully saturated rings. The van der Waals surface area contributed by atoms with Gasteiger partial charge in [-0.2, -0.15) is 0 Å². The summed E-state index contributed by atoms with van der Waals surface area (Å²) in [7, 11) is 5.10. The Morgan fingerprint density at radius 3 is 2.26 bits per heavy atom. The van der Waals surface area contributed by atoms with Crippen molar-refractivity contribution in [2.24, 2.45) is 11.7 Å². The van der Waals surface area contributed by atoms with Crippen LogP contribution in [0, 0.1) is 5.92 Å². The van der Waals surface area contributed by atoms with Gasteiger partial charge in [0.2, 0.25) is 17.8 Å². The molecule has 4 rings (SSSR count). The molecular weight excluding hydrogens is 484 g/mol. The van der Waals surface area contributed by atoms with Gasteiger partial charge < -0.3 is 20.1 Å². The van der Waals surface area contributed by atoms with E-state index >= 15 is 0 Å². The lowest BCUT2D eigenvalue weighted by molar-refractivity contribution is -0.123. The summed E-state index contributed by atoms with van der Waals surface area (Å²) < 4.78 is 1.73. The molecule has 3 N–H and O–H groups in total. The minimum Gasteiger partial charge on any atom is -0.370 e. The van der Waals surface area contributed by atoms with Crippen LogP contribution in [0.1, 0.15) is 59.2 Å². The summed E-state index contributed by atoms with van der Waals surface area (Å²) in [4.78, 5) is 57.5. The van der Waals surface area contributed by atoms with Crippen molar-refractivity contribution in [2.45, 2.75) is 45.1 Å². The highest BCUT2D eigenvalue weighted by Crippen LogP contribution is 2.29. The number of hydrogen-bond acceptors (Lipinski definition) is 5. The zero-order valence-corrected chi connectivity index (χ0v) is 22.1. The van der Waals surface area contributed by atoms with Crippen LogP contribution < -0.4 is 16.0 Å². The van der Waals surface area contributed by atoms with Gasteiger partial charge in [0.15, 0.2) is 0 Å². The lowest BCUT2D eigenvalue weighted by atomic mass is 9.88. The van der Waals surface area contributed by atoms with Crippen LogP contribution in [0.3, 0.4) is 0 Å². The summed E-state index contributed by atoms with van der Waals surface area (Å²) in [5.74, 6) is -0.645. The van der Waals surface area contributed by atoms with Crippen LogP contribution >= 0.6 is 0 Å². The summed E-state index contributed by atoms with van der Waals surface area (Å²) in [6, 6.07) is 11.8. The number of hydrogen-bond donors (Lipinski definition) is 2. The number of rotatable bonds is 8. The fraction of sp³-hybridized carbons (Fsp3) is 0.393. The van der Waals surface area contributed by atoms with Crippen LogP contribution in [0.4, 0.5) is 11.6 Å². The highest BCUT2D eigenvalue weighted by atomic mass is 16.2. The lowest BCUT2D eigenvalue weighted by Gasteiger charge is -2.26. The molecule has 3 aromatic rings. The third-order valence-electron chi connectivity index (χ3n) is 7.01. The van der Waals surface area contributed by atoms with Gasteiger partial charge in [0.1, 0.15) is 0 Å². The molecule has 1 heterocycles. The maximum absolute atomic E-state index is 13.1. The Balaban J connectivity index is 1.60. The average molecular weight is 519 g/mol. The molecule has 0 radical (unpaired) electrons. The molecule has 38 heavy (non-hydrogen) atoms. The number of aryl methyl sites for hydroxylation is 1. The number of benzene rings is 2. The van der Waals surface area contributed by atoms with Crippen molar-refractivity contribution in [3.8, 4) is 0 Å². The van der Waals surface area contributed by atoms with E-state index in [-0.39, 0.29) is 36.6 Å². The first-order valence-electron chi connectivity index (χ1n) is 12.8. The molecule has 10 nitrogen and oxygen atoms in total. The topological polar surface area (TPSA) is 131 Å². The standard InChI is InChI=1S/C28H34N6O4/c1-32(2)26(37)20-11-9-18(10-12-20)25(36)31-28-30-22-17-21(13-14-23(22)34(28)16-15-24(29)35)33(3)27(38)19-7-5-4-6-8-19/h9-14,17,19H,4-8,15-16H2,1-3H3,(H2,29,35)(H,30,31,36). The van der Waals surface area contributed by atoms with Crippen LogP contribution in [0.5, 0.6) is 0 Å². The molecule has 0 bridgehead atoms. The van der Waals surface area contributed by atoms with E-state index in [9.17, 15) is 19.2 Å². The predicted octanol–water partition coefficient (Wildman–Crippen LogP) is 3.41. The highest BCUT2D eigenvalue weighted by Gasteiger charge is 2.25. The van der Waals surface area contributed by atoms with Gasteiger partial charge in [0.05, 0.1) is 11.0 Å². The van der Waals surface area contributed by atoms with E-state index in [0.717, 1.165) is 25.7 Å². The Morgan fingerprint density at radius 2 is 1.63 bits per heavy atom. The van der Waals surface area contributed by atoms with E-state index in [4.69, 9.17) is 5.73 Å². The normalized spacial score (nSPS) is 13.8. The maximum atomic E-state index is 13.1. The second-order valence-electron chi connectivity index (χ2n) is 9.94. The summed E-state index contributed by atoms with van der Waals surface area (Å²) >= 11 is 0. The third-order valence-corrected chi connectivity index (χ3v) is 7.01. The van der Waals surface area contributed by atoms with Crippen molar-refractivity contribution in [1.29, 1.82) is 0 Å². The number of carbonyl (C=O) groups excluding carboxylic acids is 4. The molecule has 1 aliphatic rings. The number of nitrogens with two attached hydrogens (primary N) is 1. The fourth-order valence-electron chi connectivity index (χ4n) is 4.82. The number of nitrogens with zero attached hydrogens (tertiary/aromatic N) is 4. The largest absolute Gasteiger partial charge is 0.370 e. The molecule has 10 heteroatoms. The second-order valence-corrected chi connectivity index (χ2v) is 9.94. The zero-order valence-electron chi connectivity index (χ0n) is 22.1. The van der Waals surface area contributed by atoms with Gasteiger partial charge in [0, 0.05) is 56.8 Å². The van der Waals surface area contributed by atoms with Crippen LogP contribution in [0.15, 0.2) is 42.5 Å². The van der Waals surface area contributed by atoms with Gasteiger partial charge in [-0.25, -0.2) is 4.98 Å². The molecule has 0 aliphatic heterocycles. The van der Waals surface area contributed by atoms with Gasteiger partial charge in [-0.15, -0.1) is 0 Å². The maximum Gasteiger partial charge on any atom is 0.257 e. The molecule has 0 spiro atoms. The molecule has 0 unspecified atom stereocenters. The zero-order chi connectivity index (χ0) is 27.4. The highest BCUT2D eigenvalue weighted by molar-refractivity contribution is 6.05. The Bertz CT molecular complexity index is 1360. The van der Waals surface area contributed by atoms with Gasteiger partial charge in [-0.1, -0.05) is 19.3 Å². The summed E-state index contributed by atoms with van der Waals surface area (Å²) in [6.07, 6.45) is 5.21. The van der Waals surface area contributed by atoms with E-state index < -0.39 is 11.8 Å². The molecule has 0 atom stereocenters. The molecule has 1 saturated carbocycles. The molecule has 4 amide bonds.